The molecule has 2 aromatic carbocycles. The molecule has 4 rings (SSSR count). The molecule has 2 aromatic rings. The summed E-state index contributed by atoms with van der Waals surface area (Å²) in [6.07, 6.45) is -3.29. The summed E-state index contributed by atoms with van der Waals surface area (Å²) in [7, 11) is 0. The lowest BCUT2D eigenvalue weighted by atomic mass is 9.91. The minimum Gasteiger partial charge on any atom is -0.390 e. The highest BCUT2D eigenvalue weighted by Gasteiger charge is 2.41. The Bertz CT molecular complexity index is 1020. The number of benzene rings is 2. The van der Waals surface area contributed by atoms with E-state index < -0.39 is 18.1 Å². The second-order valence-corrected chi connectivity index (χ2v) is 9.01. The number of amides is 2. The number of piperidine rings is 1. The number of nitrogens with zero attached hydrogens (tertiary/aromatic N) is 1. The van der Waals surface area contributed by atoms with Gasteiger partial charge in [-0.3, -0.25) is 9.59 Å². The van der Waals surface area contributed by atoms with Crippen LogP contribution in [0.3, 0.4) is 0 Å². The summed E-state index contributed by atoms with van der Waals surface area (Å²) < 4.78 is 25.9. The summed E-state index contributed by atoms with van der Waals surface area (Å²) in [5.41, 5.74) is 1.03. The lowest BCUT2D eigenvalue weighted by molar-refractivity contribution is -0.122. The van der Waals surface area contributed by atoms with E-state index in [1.165, 1.54) is 40.3 Å². The van der Waals surface area contributed by atoms with E-state index in [0.29, 0.717) is 24.1 Å². The van der Waals surface area contributed by atoms with Crippen molar-refractivity contribution in [2.24, 2.45) is 0 Å². The Morgan fingerprint density at radius 1 is 1.06 bits per heavy atom. The van der Waals surface area contributed by atoms with Crippen molar-refractivity contribution in [3.63, 3.8) is 0 Å². The van der Waals surface area contributed by atoms with Crippen molar-refractivity contribution in [2.75, 3.05) is 19.6 Å². The van der Waals surface area contributed by atoms with Crippen molar-refractivity contribution in [3.8, 4) is 0 Å². The molecular formula is C25H29F2N3O4. The minimum absolute atomic E-state index is 0.0411. The van der Waals surface area contributed by atoms with Crippen LogP contribution in [0.5, 0.6) is 0 Å². The number of hydrogen-bond acceptors (Lipinski definition) is 5. The number of halogens is 2. The zero-order valence-corrected chi connectivity index (χ0v) is 18.7. The van der Waals surface area contributed by atoms with Crippen molar-refractivity contribution < 1.29 is 28.6 Å². The Kier molecular flexibility index (Phi) is 7.25. The number of rotatable bonds is 6. The molecule has 2 atom stereocenters. The molecule has 2 aliphatic heterocycles. The Balaban J connectivity index is 1.27. The third-order valence-corrected chi connectivity index (χ3v) is 6.77. The third-order valence-electron chi connectivity index (χ3n) is 6.77. The van der Waals surface area contributed by atoms with Gasteiger partial charge in [0.15, 0.2) is 0 Å². The number of aliphatic hydroxyl groups is 2. The number of fused-ring (bicyclic) bond motifs is 1. The molecular weight excluding hydrogens is 444 g/mol. The van der Waals surface area contributed by atoms with Gasteiger partial charge in [-0.05, 0) is 54.7 Å². The van der Waals surface area contributed by atoms with Crippen LogP contribution in [0.4, 0.5) is 8.78 Å². The standard InChI is InChI=1S/C25H29F2N3O4/c26-24(27)25(34)9-11-30(12-10-25)23(33)17-7-5-16(6-8-17)22(32)29-15-21(31)20-13-18-3-1-2-4-19(18)14-28-20/h1-8,20-21,24,28,31,34H,9-15H2,(H,29,32)/t20-,21+/m0/s1. The summed E-state index contributed by atoms with van der Waals surface area (Å²) in [6.45, 7) is 0.832. The molecule has 2 amide bonds. The van der Waals surface area contributed by atoms with E-state index in [0.717, 1.165) is 0 Å². The first-order chi connectivity index (χ1) is 16.3. The van der Waals surface area contributed by atoms with Crippen LogP contribution in [0, 0.1) is 0 Å². The zero-order chi connectivity index (χ0) is 24.3. The van der Waals surface area contributed by atoms with Crippen LogP contribution >= 0.6 is 0 Å². The molecule has 0 aliphatic carbocycles. The van der Waals surface area contributed by atoms with Gasteiger partial charge in [-0.15, -0.1) is 0 Å². The molecule has 0 radical (unpaired) electrons. The molecule has 2 aliphatic rings. The first-order valence-corrected chi connectivity index (χ1v) is 11.4. The fourth-order valence-corrected chi connectivity index (χ4v) is 4.45. The SMILES string of the molecule is O=C(NC[C@@H](O)[C@@H]1Cc2ccccc2CN1)c1ccc(C(=O)N2CCC(O)(C(F)F)CC2)cc1. The fourth-order valence-electron chi connectivity index (χ4n) is 4.45. The van der Waals surface area contributed by atoms with E-state index in [1.54, 1.807) is 0 Å². The molecule has 0 aromatic heterocycles. The predicted molar refractivity (Wildman–Crippen MR) is 122 cm³/mol. The quantitative estimate of drug-likeness (QED) is 0.512. The van der Waals surface area contributed by atoms with Gasteiger partial charge in [0.05, 0.1) is 6.10 Å². The number of aliphatic hydroxyl groups excluding tert-OH is 1. The van der Waals surface area contributed by atoms with Gasteiger partial charge in [0.1, 0.15) is 5.60 Å². The van der Waals surface area contributed by atoms with Crippen LogP contribution in [0.25, 0.3) is 0 Å². The highest BCUT2D eigenvalue weighted by Crippen LogP contribution is 2.29. The van der Waals surface area contributed by atoms with Gasteiger partial charge in [-0.2, -0.15) is 0 Å². The molecule has 7 nitrogen and oxygen atoms in total. The first kappa shape index (κ1) is 24.3. The fraction of sp³-hybridized carbons (Fsp3) is 0.440. The molecule has 1 fully saturated rings. The molecule has 4 N–H and O–H groups in total. The number of carbonyl (C=O) groups is 2. The van der Waals surface area contributed by atoms with Gasteiger partial charge in [-0.25, -0.2) is 8.78 Å². The van der Waals surface area contributed by atoms with Crippen LogP contribution in [-0.4, -0.2) is 70.7 Å². The van der Waals surface area contributed by atoms with Crippen LogP contribution in [0.15, 0.2) is 48.5 Å². The van der Waals surface area contributed by atoms with E-state index in [9.17, 15) is 28.6 Å². The molecule has 1 saturated heterocycles. The molecule has 0 unspecified atom stereocenters. The van der Waals surface area contributed by atoms with Crippen LogP contribution in [0.2, 0.25) is 0 Å². The average molecular weight is 474 g/mol. The van der Waals surface area contributed by atoms with E-state index in [1.807, 2.05) is 18.2 Å². The molecule has 34 heavy (non-hydrogen) atoms. The number of nitrogens with one attached hydrogen (secondary N) is 2. The van der Waals surface area contributed by atoms with E-state index in [4.69, 9.17) is 0 Å². The second kappa shape index (κ2) is 10.2. The Hall–Kier alpha value is -2.88. The lowest BCUT2D eigenvalue weighted by Gasteiger charge is -2.37. The second-order valence-electron chi connectivity index (χ2n) is 9.01. The maximum Gasteiger partial charge on any atom is 0.266 e. The monoisotopic (exact) mass is 473 g/mol. The molecule has 0 saturated carbocycles. The topological polar surface area (TPSA) is 102 Å². The van der Waals surface area contributed by atoms with E-state index >= 15 is 0 Å². The summed E-state index contributed by atoms with van der Waals surface area (Å²) in [6, 6.07) is 13.9. The molecule has 182 valence electrons. The summed E-state index contributed by atoms with van der Waals surface area (Å²) in [5.74, 6) is -0.698. The largest absolute Gasteiger partial charge is 0.390 e. The van der Waals surface area contributed by atoms with Gasteiger partial charge in [0.25, 0.3) is 18.2 Å². The highest BCUT2D eigenvalue weighted by molar-refractivity contribution is 5.97. The van der Waals surface area contributed by atoms with Gasteiger partial charge in [-0.1, -0.05) is 24.3 Å². The predicted octanol–water partition coefficient (Wildman–Crippen LogP) is 1.72. The van der Waals surface area contributed by atoms with Crippen molar-refractivity contribution in [1.82, 2.24) is 15.5 Å². The average Bonchev–Trinajstić information content (AvgIpc) is 2.86. The number of hydrogen-bond donors (Lipinski definition) is 4. The number of likely N-dealkylation sites (tertiary alicyclic amines) is 1. The molecule has 0 bridgehead atoms. The highest BCUT2D eigenvalue weighted by atomic mass is 19.3. The third kappa shape index (κ3) is 5.27. The normalized spacial score (nSPS) is 20.5. The zero-order valence-electron chi connectivity index (χ0n) is 18.7. The Labute approximate surface area is 196 Å². The van der Waals surface area contributed by atoms with E-state index in [-0.39, 0.29) is 50.3 Å². The first-order valence-electron chi connectivity index (χ1n) is 11.4. The molecule has 2 heterocycles. The maximum absolute atomic E-state index is 12.9. The maximum atomic E-state index is 12.9. The van der Waals surface area contributed by atoms with Gasteiger partial charge in [0.2, 0.25) is 0 Å². The van der Waals surface area contributed by atoms with Crippen molar-refractivity contribution >= 4 is 11.8 Å². The minimum atomic E-state index is -2.84. The van der Waals surface area contributed by atoms with Crippen molar-refractivity contribution in [2.45, 2.75) is 50.0 Å². The summed E-state index contributed by atoms with van der Waals surface area (Å²) >= 11 is 0. The summed E-state index contributed by atoms with van der Waals surface area (Å²) in [5, 5.41) is 26.4. The Morgan fingerprint density at radius 2 is 1.68 bits per heavy atom. The van der Waals surface area contributed by atoms with Crippen LogP contribution in [0.1, 0.15) is 44.7 Å². The van der Waals surface area contributed by atoms with Crippen molar-refractivity contribution in [1.29, 1.82) is 0 Å². The van der Waals surface area contributed by atoms with Crippen molar-refractivity contribution in [3.05, 3.63) is 70.8 Å². The van der Waals surface area contributed by atoms with Crippen LogP contribution in [-0.2, 0) is 13.0 Å². The van der Waals surface area contributed by atoms with Gasteiger partial charge < -0.3 is 25.7 Å². The molecule has 0 spiro atoms. The Morgan fingerprint density at radius 3 is 2.32 bits per heavy atom. The number of alkyl halides is 2. The van der Waals surface area contributed by atoms with Gasteiger partial charge in [0, 0.05) is 43.3 Å². The summed E-state index contributed by atoms with van der Waals surface area (Å²) in [4.78, 5) is 26.6. The van der Waals surface area contributed by atoms with Gasteiger partial charge >= 0.3 is 0 Å². The number of carbonyl (C=O) groups excluding carboxylic acids is 2. The smallest absolute Gasteiger partial charge is 0.266 e. The lowest BCUT2D eigenvalue weighted by Crippen LogP contribution is -2.50. The molecule has 9 heteroatoms. The van der Waals surface area contributed by atoms with E-state index in [2.05, 4.69) is 16.7 Å². The van der Waals surface area contributed by atoms with Crippen LogP contribution < -0.4 is 10.6 Å².